The molecule has 0 spiro atoms. The van der Waals surface area contributed by atoms with Gasteiger partial charge in [0.15, 0.2) is 5.75 Å². The van der Waals surface area contributed by atoms with E-state index < -0.39 is 10.0 Å². The van der Waals surface area contributed by atoms with E-state index in [1.165, 1.54) is 6.07 Å². The van der Waals surface area contributed by atoms with Crippen molar-refractivity contribution in [3.05, 3.63) is 83.9 Å². The summed E-state index contributed by atoms with van der Waals surface area (Å²) in [5, 5.41) is 12.0. The van der Waals surface area contributed by atoms with Crippen molar-refractivity contribution < 1.29 is 13.2 Å². The van der Waals surface area contributed by atoms with Crippen molar-refractivity contribution in [2.24, 2.45) is 5.14 Å². The summed E-state index contributed by atoms with van der Waals surface area (Å²) in [5.74, 6) is 0.665. The number of hydrogen-bond acceptors (Lipinski definition) is 5. The highest BCUT2D eigenvalue weighted by Crippen LogP contribution is 2.37. The molecule has 0 atom stereocenters. The Balaban J connectivity index is 1.98. The zero-order valence-corrected chi connectivity index (χ0v) is 19.5. The number of benzene rings is 3. The minimum absolute atomic E-state index is 0.123. The van der Waals surface area contributed by atoms with Gasteiger partial charge in [-0.15, -0.1) is 0 Å². The average molecular weight is 470 g/mol. The lowest BCUT2D eigenvalue weighted by Crippen LogP contribution is -2.23. The van der Waals surface area contributed by atoms with Crippen molar-refractivity contribution in [1.29, 1.82) is 0 Å². The molecule has 3 rings (SSSR count). The number of rotatable bonds is 10. The monoisotopic (exact) mass is 469 g/mol. The van der Waals surface area contributed by atoms with Crippen molar-refractivity contribution in [1.82, 2.24) is 5.32 Å². The van der Waals surface area contributed by atoms with Gasteiger partial charge in [-0.05, 0) is 36.2 Å². The maximum absolute atomic E-state index is 12.5. The van der Waals surface area contributed by atoms with Crippen molar-refractivity contribution in [3.8, 4) is 11.5 Å². The number of anilines is 1. The third-order valence-corrected chi connectivity index (χ3v) is 6.02. The summed E-state index contributed by atoms with van der Waals surface area (Å²) < 4.78 is 30.9. The molecular formula is C24H27N3O3S2. The first kappa shape index (κ1) is 23.7. The summed E-state index contributed by atoms with van der Waals surface area (Å²) in [6.07, 6.45) is 1.90. The summed E-state index contributed by atoms with van der Waals surface area (Å²) in [5.41, 5.74) is 2.12. The van der Waals surface area contributed by atoms with Crippen LogP contribution < -0.4 is 20.5 Å². The highest BCUT2D eigenvalue weighted by molar-refractivity contribution is 7.89. The Bertz CT molecular complexity index is 1150. The maximum atomic E-state index is 12.5. The van der Waals surface area contributed by atoms with Crippen LogP contribution in [-0.2, 0) is 16.6 Å². The van der Waals surface area contributed by atoms with Crippen LogP contribution in [0.5, 0.6) is 11.5 Å². The maximum Gasteiger partial charge on any atom is 0.241 e. The minimum Gasteiger partial charge on any atom is -0.454 e. The SMILES string of the molecule is CCCCNc1cc(C(=S)NCc2ccccc2)cc(S(N)(=O)=O)c1Oc1ccccc1. The lowest BCUT2D eigenvalue weighted by atomic mass is 10.1. The Kier molecular flexibility index (Phi) is 8.21. The van der Waals surface area contributed by atoms with Crippen LogP contribution in [0.4, 0.5) is 5.69 Å². The topological polar surface area (TPSA) is 93.5 Å². The average Bonchev–Trinajstić information content (AvgIpc) is 2.79. The second-order valence-electron chi connectivity index (χ2n) is 7.26. The van der Waals surface area contributed by atoms with Gasteiger partial charge in [0.1, 0.15) is 15.6 Å². The van der Waals surface area contributed by atoms with Gasteiger partial charge >= 0.3 is 0 Å². The predicted molar refractivity (Wildman–Crippen MR) is 133 cm³/mol. The fourth-order valence-electron chi connectivity index (χ4n) is 3.07. The number of hydrogen-bond donors (Lipinski definition) is 3. The summed E-state index contributed by atoms with van der Waals surface area (Å²) in [6.45, 7) is 3.25. The van der Waals surface area contributed by atoms with Gasteiger partial charge in [0, 0.05) is 18.7 Å². The molecular weight excluding hydrogens is 442 g/mol. The highest BCUT2D eigenvalue weighted by atomic mass is 32.2. The van der Waals surface area contributed by atoms with Crippen LogP contribution >= 0.6 is 12.2 Å². The van der Waals surface area contributed by atoms with Crippen molar-refractivity contribution in [3.63, 3.8) is 0 Å². The number of nitrogens with two attached hydrogens (primary N) is 1. The van der Waals surface area contributed by atoms with E-state index in [1.54, 1.807) is 18.2 Å². The van der Waals surface area contributed by atoms with Gasteiger partial charge in [-0.1, -0.05) is 74.1 Å². The molecule has 8 heteroatoms. The van der Waals surface area contributed by atoms with E-state index in [-0.39, 0.29) is 10.6 Å². The standard InChI is InChI=1S/C24H27N3O3S2/c1-2-3-14-26-21-15-19(24(31)27-17-18-10-6-4-7-11-18)16-22(32(25,28)29)23(21)30-20-12-8-5-9-13-20/h4-13,15-16,26H,2-3,14,17H2,1H3,(H,27,31)(H2,25,28,29). The summed E-state index contributed by atoms with van der Waals surface area (Å²) in [4.78, 5) is 0.297. The van der Waals surface area contributed by atoms with Crippen LogP contribution in [0.2, 0.25) is 0 Å². The molecule has 0 aliphatic carbocycles. The molecule has 0 aliphatic heterocycles. The lowest BCUT2D eigenvalue weighted by Gasteiger charge is -2.19. The zero-order chi connectivity index (χ0) is 23.0. The molecule has 0 bridgehead atoms. The highest BCUT2D eigenvalue weighted by Gasteiger charge is 2.22. The molecule has 0 radical (unpaired) electrons. The minimum atomic E-state index is -4.08. The Morgan fingerprint density at radius 2 is 1.69 bits per heavy atom. The van der Waals surface area contributed by atoms with Crippen LogP contribution in [0, 0.1) is 0 Å². The van der Waals surface area contributed by atoms with Crippen LogP contribution in [-0.4, -0.2) is 20.0 Å². The van der Waals surface area contributed by atoms with E-state index in [2.05, 4.69) is 17.6 Å². The molecule has 0 unspecified atom stereocenters. The Labute approximate surface area is 194 Å². The fraction of sp³-hybridized carbons (Fsp3) is 0.208. The van der Waals surface area contributed by atoms with Crippen molar-refractivity contribution in [2.45, 2.75) is 31.2 Å². The van der Waals surface area contributed by atoms with E-state index >= 15 is 0 Å². The van der Waals surface area contributed by atoms with E-state index in [1.807, 2.05) is 48.5 Å². The first-order chi connectivity index (χ1) is 15.4. The number of para-hydroxylation sites is 1. The number of nitrogens with one attached hydrogen (secondary N) is 2. The number of ether oxygens (including phenoxy) is 1. The Morgan fingerprint density at radius 1 is 1.03 bits per heavy atom. The van der Waals surface area contributed by atoms with Crippen molar-refractivity contribution >= 4 is 32.9 Å². The number of primary sulfonamides is 1. The molecule has 0 aromatic heterocycles. The second kappa shape index (κ2) is 11.1. The zero-order valence-electron chi connectivity index (χ0n) is 17.9. The molecule has 3 aromatic carbocycles. The van der Waals surface area contributed by atoms with Gasteiger partial charge in [-0.25, -0.2) is 13.6 Å². The number of thiocarbonyl (C=S) groups is 1. The Hall–Kier alpha value is -2.94. The molecule has 0 saturated carbocycles. The largest absolute Gasteiger partial charge is 0.454 e. The van der Waals surface area contributed by atoms with Gasteiger partial charge in [-0.2, -0.15) is 0 Å². The smallest absolute Gasteiger partial charge is 0.241 e. The molecule has 168 valence electrons. The van der Waals surface area contributed by atoms with Gasteiger partial charge in [0.2, 0.25) is 10.0 Å². The Morgan fingerprint density at radius 3 is 2.31 bits per heavy atom. The molecule has 0 heterocycles. The fourth-order valence-corrected chi connectivity index (χ4v) is 3.96. The lowest BCUT2D eigenvalue weighted by molar-refractivity contribution is 0.469. The quantitative estimate of drug-likeness (QED) is 0.292. The van der Waals surface area contributed by atoms with Gasteiger partial charge in [0.05, 0.1) is 5.69 Å². The summed E-state index contributed by atoms with van der Waals surface area (Å²) in [7, 11) is -4.08. The first-order valence-electron chi connectivity index (χ1n) is 10.4. The molecule has 4 N–H and O–H groups in total. The summed E-state index contributed by atoms with van der Waals surface area (Å²) >= 11 is 5.55. The third-order valence-electron chi connectivity index (χ3n) is 4.73. The van der Waals surface area contributed by atoms with E-state index in [9.17, 15) is 8.42 Å². The van der Waals surface area contributed by atoms with Gasteiger partial charge < -0.3 is 15.4 Å². The predicted octanol–water partition coefficient (Wildman–Crippen LogP) is 4.80. The van der Waals surface area contributed by atoms with Crippen LogP contribution in [0.15, 0.2) is 77.7 Å². The second-order valence-corrected chi connectivity index (χ2v) is 9.20. The molecule has 6 nitrogen and oxygen atoms in total. The number of unbranched alkanes of at least 4 members (excludes halogenated alkanes) is 1. The molecule has 0 fully saturated rings. The molecule has 3 aromatic rings. The molecule has 0 aliphatic rings. The summed E-state index contributed by atoms with van der Waals surface area (Å²) in [6, 6.07) is 22.1. The van der Waals surface area contributed by atoms with E-state index in [0.717, 1.165) is 18.4 Å². The van der Waals surface area contributed by atoms with Crippen molar-refractivity contribution in [2.75, 3.05) is 11.9 Å². The molecule has 0 saturated heterocycles. The third kappa shape index (κ3) is 6.53. The van der Waals surface area contributed by atoms with E-state index in [0.29, 0.717) is 35.1 Å². The number of sulfonamides is 1. The van der Waals surface area contributed by atoms with Gasteiger partial charge in [0.25, 0.3) is 0 Å². The molecule has 0 amide bonds. The van der Waals surface area contributed by atoms with Crippen LogP contribution in [0.25, 0.3) is 0 Å². The first-order valence-corrected chi connectivity index (χ1v) is 12.3. The normalized spacial score (nSPS) is 11.1. The van der Waals surface area contributed by atoms with Crippen LogP contribution in [0.3, 0.4) is 0 Å². The van der Waals surface area contributed by atoms with E-state index in [4.69, 9.17) is 22.1 Å². The van der Waals surface area contributed by atoms with Crippen LogP contribution in [0.1, 0.15) is 30.9 Å². The molecule has 32 heavy (non-hydrogen) atoms. The van der Waals surface area contributed by atoms with Gasteiger partial charge in [-0.3, -0.25) is 0 Å².